The number of rotatable bonds is 6. The maximum atomic E-state index is 11.5. The average molecular weight is 230 g/mol. The van der Waals surface area contributed by atoms with Gasteiger partial charge in [-0.25, -0.2) is 0 Å². The second-order valence-corrected chi connectivity index (χ2v) is 4.41. The minimum absolute atomic E-state index is 0.218. The fraction of sp³-hybridized carbons (Fsp3) is 0.818. The van der Waals surface area contributed by atoms with Gasteiger partial charge in [-0.3, -0.25) is 9.59 Å². The molecular weight excluding hydrogens is 208 g/mol. The molecule has 0 fully saturated rings. The molecule has 0 bridgehead atoms. The summed E-state index contributed by atoms with van der Waals surface area (Å²) in [6.45, 7) is 5.96. The lowest BCUT2D eigenvalue weighted by Crippen LogP contribution is -2.43. The molecule has 0 heterocycles. The monoisotopic (exact) mass is 230 g/mol. The van der Waals surface area contributed by atoms with Crippen molar-refractivity contribution in [2.24, 2.45) is 17.6 Å². The summed E-state index contributed by atoms with van der Waals surface area (Å²) in [5.74, 6) is -0.527. The van der Waals surface area contributed by atoms with Crippen molar-refractivity contribution in [1.29, 1.82) is 0 Å². The molecule has 0 aliphatic rings. The van der Waals surface area contributed by atoms with Crippen LogP contribution in [-0.4, -0.2) is 31.6 Å². The van der Waals surface area contributed by atoms with Crippen LogP contribution in [0.5, 0.6) is 0 Å². The molecule has 0 aromatic heterocycles. The predicted molar refractivity (Wildman–Crippen MR) is 61.6 cm³/mol. The van der Waals surface area contributed by atoms with Gasteiger partial charge in [0.05, 0.1) is 19.1 Å². The van der Waals surface area contributed by atoms with Crippen LogP contribution in [0.2, 0.25) is 0 Å². The Morgan fingerprint density at radius 3 is 2.31 bits per heavy atom. The van der Waals surface area contributed by atoms with Gasteiger partial charge in [-0.15, -0.1) is 0 Å². The molecule has 1 unspecified atom stereocenters. The fourth-order valence-electron chi connectivity index (χ4n) is 1.28. The van der Waals surface area contributed by atoms with Gasteiger partial charge in [0.15, 0.2) is 0 Å². The van der Waals surface area contributed by atoms with Gasteiger partial charge in [-0.1, -0.05) is 20.8 Å². The van der Waals surface area contributed by atoms with Crippen molar-refractivity contribution in [3.8, 4) is 0 Å². The number of carbonyl (C=O) groups excluding carboxylic acids is 2. The van der Waals surface area contributed by atoms with Gasteiger partial charge < -0.3 is 15.8 Å². The lowest BCUT2D eigenvalue weighted by Gasteiger charge is -2.15. The van der Waals surface area contributed by atoms with E-state index in [9.17, 15) is 9.59 Å². The standard InChI is InChI=1S/C11H22N2O3/c1-7(2)5-9(12)10(14)13-6-8(3)11(15)16-4/h7-9H,5-6,12H2,1-4H3,(H,13,14)/t8?,9-/m0/s1. The van der Waals surface area contributed by atoms with E-state index in [-0.39, 0.29) is 24.3 Å². The van der Waals surface area contributed by atoms with Crippen LogP contribution in [0.25, 0.3) is 0 Å². The molecule has 2 atom stereocenters. The average Bonchev–Trinajstić information content (AvgIpc) is 2.23. The van der Waals surface area contributed by atoms with Crippen LogP contribution in [0.4, 0.5) is 0 Å². The first-order chi connectivity index (χ1) is 7.38. The first kappa shape index (κ1) is 14.9. The zero-order chi connectivity index (χ0) is 12.7. The van der Waals surface area contributed by atoms with Crippen LogP contribution in [-0.2, 0) is 14.3 Å². The molecule has 3 N–H and O–H groups in total. The normalized spacial score (nSPS) is 14.4. The third-order valence-electron chi connectivity index (χ3n) is 2.25. The van der Waals surface area contributed by atoms with Crippen LogP contribution in [0.15, 0.2) is 0 Å². The van der Waals surface area contributed by atoms with E-state index in [4.69, 9.17) is 5.73 Å². The van der Waals surface area contributed by atoms with Gasteiger partial charge in [-0.05, 0) is 12.3 Å². The number of hydrogen-bond acceptors (Lipinski definition) is 4. The summed E-state index contributed by atoms with van der Waals surface area (Å²) in [4.78, 5) is 22.6. The van der Waals surface area contributed by atoms with Gasteiger partial charge in [-0.2, -0.15) is 0 Å². The summed E-state index contributed by atoms with van der Waals surface area (Å²) >= 11 is 0. The lowest BCUT2D eigenvalue weighted by atomic mass is 10.0. The quantitative estimate of drug-likeness (QED) is 0.642. The number of ether oxygens (including phenoxy) is 1. The minimum atomic E-state index is -0.509. The summed E-state index contributed by atoms with van der Waals surface area (Å²) in [5, 5.41) is 2.64. The number of hydrogen-bond donors (Lipinski definition) is 2. The molecule has 16 heavy (non-hydrogen) atoms. The summed E-state index contributed by atoms with van der Waals surface area (Å²) in [6.07, 6.45) is 0.637. The Bertz CT molecular complexity index is 241. The van der Waals surface area contributed by atoms with Crippen molar-refractivity contribution < 1.29 is 14.3 Å². The second-order valence-electron chi connectivity index (χ2n) is 4.41. The number of esters is 1. The first-order valence-electron chi connectivity index (χ1n) is 5.49. The van der Waals surface area contributed by atoms with Crippen LogP contribution in [0.1, 0.15) is 27.2 Å². The Morgan fingerprint density at radius 1 is 1.31 bits per heavy atom. The summed E-state index contributed by atoms with van der Waals surface area (Å²) < 4.78 is 4.55. The molecule has 0 aromatic rings. The number of nitrogens with one attached hydrogen (secondary N) is 1. The summed E-state index contributed by atoms with van der Waals surface area (Å²) in [7, 11) is 1.32. The van der Waals surface area contributed by atoms with Gasteiger partial charge >= 0.3 is 5.97 Å². The van der Waals surface area contributed by atoms with Gasteiger partial charge in [0.25, 0.3) is 0 Å². The summed E-state index contributed by atoms with van der Waals surface area (Å²) in [6, 6.07) is -0.509. The van der Waals surface area contributed by atoms with Crippen LogP contribution in [0, 0.1) is 11.8 Å². The van der Waals surface area contributed by atoms with Crippen molar-refractivity contribution in [3.05, 3.63) is 0 Å². The van der Waals surface area contributed by atoms with Crippen molar-refractivity contribution in [2.45, 2.75) is 33.2 Å². The highest BCUT2D eigenvalue weighted by molar-refractivity contribution is 5.82. The number of nitrogens with two attached hydrogens (primary N) is 1. The maximum absolute atomic E-state index is 11.5. The Kier molecular flexibility index (Phi) is 6.72. The van der Waals surface area contributed by atoms with E-state index in [1.54, 1.807) is 6.92 Å². The smallest absolute Gasteiger partial charge is 0.310 e. The predicted octanol–water partition coefficient (Wildman–Crippen LogP) is 0.285. The third kappa shape index (κ3) is 5.70. The first-order valence-corrected chi connectivity index (χ1v) is 5.49. The number of amides is 1. The fourth-order valence-corrected chi connectivity index (χ4v) is 1.28. The van der Waals surface area contributed by atoms with E-state index in [1.807, 2.05) is 13.8 Å². The van der Waals surface area contributed by atoms with E-state index < -0.39 is 6.04 Å². The Morgan fingerprint density at radius 2 is 1.88 bits per heavy atom. The highest BCUT2D eigenvalue weighted by Crippen LogP contribution is 2.03. The molecule has 94 valence electrons. The molecule has 1 amide bonds. The van der Waals surface area contributed by atoms with Gasteiger partial charge in [0.2, 0.25) is 5.91 Å². The molecule has 0 aliphatic heterocycles. The molecule has 0 spiro atoms. The molecule has 0 saturated heterocycles. The van der Waals surface area contributed by atoms with Crippen molar-refractivity contribution >= 4 is 11.9 Å². The van der Waals surface area contributed by atoms with E-state index in [0.29, 0.717) is 12.3 Å². The highest BCUT2D eigenvalue weighted by atomic mass is 16.5. The zero-order valence-electron chi connectivity index (χ0n) is 10.4. The van der Waals surface area contributed by atoms with Crippen LogP contribution in [0.3, 0.4) is 0 Å². The topological polar surface area (TPSA) is 81.4 Å². The van der Waals surface area contributed by atoms with Crippen molar-refractivity contribution in [3.63, 3.8) is 0 Å². The second kappa shape index (κ2) is 7.22. The van der Waals surface area contributed by atoms with E-state index in [1.165, 1.54) is 7.11 Å². The van der Waals surface area contributed by atoms with Crippen molar-refractivity contribution in [1.82, 2.24) is 5.32 Å². The number of carbonyl (C=O) groups is 2. The van der Waals surface area contributed by atoms with Gasteiger partial charge in [0.1, 0.15) is 0 Å². The molecule has 5 heteroatoms. The Balaban J connectivity index is 3.93. The third-order valence-corrected chi connectivity index (χ3v) is 2.25. The van der Waals surface area contributed by atoms with E-state index in [2.05, 4.69) is 10.1 Å². The minimum Gasteiger partial charge on any atom is -0.469 e. The molecular formula is C11H22N2O3. The lowest BCUT2D eigenvalue weighted by molar-refractivity contribution is -0.144. The molecule has 0 saturated carbocycles. The Labute approximate surface area is 96.7 Å². The largest absolute Gasteiger partial charge is 0.469 e. The maximum Gasteiger partial charge on any atom is 0.310 e. The SMILES string of the molecule is COC(=O)C(C)CNC(=O)[C@@H](N)CC(C)C. The van der Waals surface area contributed by atoms with Gasteiger partial charge in [0, 0.05) is 6.54 Å². The highest BCUT2D eigenvalue weighted by Gasteiger charge is 2.18. The molecule has 0 aromatic carbocycles. The molecule has 0 aliphatic carbocycles. The zero-order valence-corrected chi connectivity index (χ0v) is 10.4. The Hall–Kier alpha value is -1.10. The van der Waals surface area contributed by atoms with E-state index in [0.717, 1.165) is 0 Å². The van der Waals surface area contributed by atoms with Crippen LogP contribution < -0.4 is 11.1 Å². The van der Waals surface area contributed by atoms with E-state index >= 15 is 0 Å². The molecule has 0 rings (SSSR count). The molecule has 0 radical (unpaired) electrons. The summed E-state index contributed by atoms with van der Waals surface area (Å²) in [5.41, 5.74) is 5.68. The van der Waals surface area contributed by atoms with Crippen molar-refractivity contribution in [2.75, 3.05) is 13.7 Å². The number of methoxy groups -OCH3 is 1. The molecule has 5 nitrogen and oxygen atoms in total. The van der Waals surface area contributed by atoms with Crippen LogP contribution >= 0.6 is 0 Å².